The van der Waals surface area contributed by atoms with Gasteiger partial charge in [0, 0.05) is 64.8 Å². The molecule has 346 valence electrons. The van der Waals surface area contributed by atoms with Gasteiger partial charge in [0.05, 0.1) is 22.8 Å². The van der Waals surface area contributed by atoms with Crippen molar-refractivity contribution in [1.82, 2.24) is 4.57 Å². The Bertz CT molecular complexity index is 4530. The first kappa shape index (κ1) is 42.1. The molecule has 0 fully saturated rings. The van der Waals surface area contributed by atoms with Gasteiger partial charge < -0.3 is 8.98 Å². The van der Waals surface area contributed by atoms with Crippen LogP contribution in [0.5, 0.6) is 0 Å². The Morgan fingerprint density at radius 3 is 1.67 bits per heavy atom. The molecule has 3 aromatic heterocycles. The highest BCUT2D eigenvalue weighted by Gasteiger charge is 2.31. The van der Waals surface area contributed by atoms with Crippen LogP contribution in [0.1, 0.15) is 43.0 Å². The van der Waals surface area contributed by atoms with Gasteiger partial charge in [0.2, 0.25) is 0 Å². The maximum absolute atomic E-state index is 7.00. The van der Waals surface area contributed by atoms with Gasteiger partial charge in [0.15, 0.2) is 0 Å². The second-order valence-corrected chi connectivity index (χ2v) is 21.4. The fraction of sp³-hybridized carbons (Fsp3) is 0.0870. The molecule has 3 nitrogen and oxygen atoms in total. The predicted octanol–water partition coefficient (Wildman–Crippen LogP) is 19.5. The monoisotopic (exact) mass is 952 g/mol. The summed E-state index contributed by atoms with van der Waals surface area (Å²) in [5.41, 5.74) is 13.6. The fourth-order valence-electron chi connectivity index (χ4n) is 12.2. The van der Waals surface area contributed by atoms with Crippen LogP contribution in [-0.2, 0) is 0 Å². The number of hydrogen-bond acceptors (Lipinski definition) is 3. The molecule has 3 unspecified atom stereocenters. The molecule has 0 saturated carbocycles. The van der Waals surface area contributed by atoms with Gasteiger partial charge in [-0.3, -0.25) is 4.99 Å². The van der Waals surface area contributed by atoms with Gasteiger partial charge in [0.25, 0.3) is 0 Å². The van der Waals surface area contributed by atoms with Gasteiger partial charge >= 0.3 is 0 Å². The Morgan fingerprint density at radius 2 is 0.986 bits per heavy atom. The first-order valence-electron chi connectivity index (χ1n) is 25.6. The number of fused-ring (bicyclic) bond motifs is 12. The summed E-state index contributed by atoms with van der Waals surface area (Å²) in [7, 11) is 0. The van der Waals surface area contributed by atoms with Crippen LogP contribution in [0.2, 0.25) is 0 Å². The zero-order valence-corrected chi connectivity index (χ0v) is 41.3. The Kier molecular flexibility index (Phi) is 9.52. The van der Waals surface area contributed by atoms with E-state index in [0.717, 1.165) is 45.3 Å². The third kappa shape index (κ3) is 6.81. The van der Waals surface area contributed by atoms with Crippen LogP contribution in [0.25, 0.3) is 119 Å². The summed E-state index contributed by atoms with van der Waals surface area (Å²) in [5, 5.41) is 14.5. The lowest BCUT2D eigenvalue weighted by Gasteiger charge is -2.30. The first-order chi connectivity index (χ1) is 36.0. The molecule has 0 spiro atoms. The first-order valence-corrected chi connectivity index (χ1v) is 26.4. The van der Waals surface area contributed by atoms with Gasteiger partial charge in [-0.25, -0.2) is 0 Å². The Hall–Kier alpha value is -8.57. The van der Waals surface area contributed by atoms with Gasteiger partial charge in [-0.15, -0.1) is 11.3 Å². The van der Waals surface area contributed by atoms with E-state index in [1.165, 1.54) is 102 Å². The van der Waals surface area contributed by atoms with E-state index in [-0.39, 0.29) is 17.9 Å². The lowest BCUT2D eigenvalue weighted by atomic mass is 9.80. The highest BCUT2D eigenvalue weighted by Crippen LogP contribution is 2.46. The zero-order chi connectivity index (χ0) is 48.3. The van der Waals surface area contributed by atoms with Crippen molar-refractivity contribution in [3.05, 3.63) is 241 Å². The Morgan fingerprint density at radius 1 is 0.452 bits per heavy atom. The predicted molar refractivity (Wildman–Crippen MR) is 312 cm³/mol. The topological polar surface area (TPSA) is 30.4 Å². The van der Waals surface area contributed by atoms with Crippen molar-refractivity contribution < 1.29 is 4.42 Å². The molecule has 4 heterocycles. The highest BCUT2D eigenvalue weighted by atomic mass is 32.1. The van der Waals surface area contributed by atoms with Gasteiger partial charge in [-0.05, 0) is 127 Å². The molecule has 4 heteroatoms. The lowest BCUT2D eigenvalue weighted by Crippen LogP contribution is -2.22. The SMILES string of the molecule is CC1C/C=C(\c2ccc(-c3ccccc3)cc2)C(C)C(c2ccc3c(c2)sc2ccccc23)N=C1c1cc2oc3cc4ccccc4cc3c2cc1-n1c2cc3ccccc3cc2c2cc3ccccc3cc21. The normalized spacial score (nSPS) is 17.3. The Balaban J connectivity index is 1.01. The molecule has 0 N–H and O–H groups in total. The van der Waals surface area contributed by atoms with Crippen molar-refractivity contribution in [2.24, 2.45) is 16.8 Å². The summed E-state index contributed by atoms with van der Waals surface area (Å²) >= 11 is 1.87. The van der Waals surface area contributed by atoms with Crippen LogP contribution in [-0.4, -0.2) is 10.3 Å². The van der Waals surface area contributed by atoms with E-state index in [1.54, 1.807) is 0 Å². The molecule has 0 bridgehead atoms. The summed E-state index contributed by atoms with van der Waals surface area (Å²) < 4.78 is 12.1. The number of furan rings is 1. The number of benzene rings is 11. The molecule has 0 radical (unpaired) electrons. The van der Waals surface area contributed by atoms with Gasteiger partial charge in [0.1, 0.15) is 11.2 Å². The maximum Gasteiger partial charge on any atom is 0.136 e. The van der Waals surface area contributed by atoms with Crippen LogP contribution < -0.4 is 0 Å². The smallest absolute Gasteiger partial charge is 0.136 e. The zero-order valence-electron chi connectivity index (χ0n) is 40.5. The van der Waals surface area contributed by atoms with E-state index in [9.17, 15) is 0 Å². The number of hydrogen-bond donors (Lipinski definition) is 0. The maximum atomic E-state index is 7.00. The van der Waals surface area contributed by atoms with Crippen LogP contribution in [0.15, 0.2) is 234 Å². The number of aromatic nitrogens is 1. The Labute approximate surface area is 426 Å². The standard InChI is InChI=1S/C69H48N2OS/c1-41-24-30-53(45-27-25-44(26-28-45)43-14-4-3-5-15-43)42(2)69(52-29-31-55-54-22-12-13-23-66(54)73-67(55)38-52)70-68(41)60-40-65-59(58-34-48-18-8-11-21-51(48)37-64(58)72-65)39-63(60)71-61-35-49-19-9-6-16-46(49)32-56(61)57-33-47-17-7-10-20-50(47)36-62(57)71/h3-23,25-42,69H,24H2,1-2H3/b53-30-,70-68?. The van der Waals surface area contributed by atoms with Gasteiger partial charge in [-0.1, -0.05) is 178 Å². The van der Waals surface area contributed by atoms with Crippen molar-refractivity contribution in [3.63, 3.8) is 0 Å². The minimum atomic E-state index is -0.192. The van der Waals surface area contributed by atoms with E-state index in [1.807, 2.05) is 11.3 Å². The lowest BCUT2D eigenvalue weighted by molar-refractivity contribution is 0.569. The van der Waals surface area contributed by atoms with Crippen LogP contribution >= 0.6 is 11.3 Å². The molecule has 11 aromatic carbocycles. The summed E-state index contributed by atoms with van der Waals surface area (Å²) in [6.07, 6.45) is 3.35. The molecule has 73 heavy (non-hydrogen) atoms. The summed E-state index contributed by atoms with van der Waals surface area (Å²) in [6, 6.07) is 80.6. The van der Waals surface area contributed by atoms with Gasteiger partial charge in [-0.2, -0.15) is 0 Å². The summed E-state index contributed by atoms with van der Waals surface area (Å²) in [6.45, 7) is 4.77. The third-order valence-corrected chi connectivity index (χ3v) is 17.1. The molecule has 0 saturated heterocycles. The number of aliphatic imine (C=N–C) groups is 1. The van der Waals surface area contributed by atoms with Crippen molar-refractivity contribution >= 4 is 119 Å². The molecule has 3 atom stereocenters. The second kappa shape index (κ2) is 16.5. The molecular formula is C69H48N2OS. The quantitative estimate of drug-likeness (QED) is 0.169. The van der Waals surface area contributed by atoms with Crippen LogP contribution in [0.3, 0.4) is 0 Å². The van der Waals surface area contributed by atoms with Crippen molar-refractivity contribution in [2.45, 2.75) is 26.3 Å². The highest BCUT2D eigenvalue weighted by molar-refractivity contribution is 7.25. The number of nitrogens with zero attached hydrogens (tertiary/aromatic N) is 2. The second-order valence-electron chi connectivity index (χ2n) is 20.3. The van der Waals surface area contributed by atoms with E-state index < -0.39 is 0 Å². The molecule has 0 amide bonds. The van der Waals surface area contributed by atoms with Crippen LogP contribution in [0.4, 0.5) is 0 Å². The minimum Gasteiger partial charge on any atom is -0.456 e. The summed E-state index contributed by atoms with van der Waals surface area (Å²) in [4.78, 5) is 6.20. The molecule has 14 aromatic rings. The van der Waals surface area contributed by atoms with Crippen molar-refractivity contribution in [2.75, 3.05) is 0 Å². The van der Waals surface area contributed by atoms with Crippen LogP contribution in [0, 0.1) is 11.8 Å². The number of allylic oxidation sites excluding steroid dienone is 1. The molecule has 1 aliphatic heterocycles. The molecule has 0 aliphatic carbocycles. The number of thiophene rings is 1. The summed E-state index contributed by atoms with van der Waals surface area (Å²) in [5.74, 6) is 0.105. The molecule has 15 rings (SSSR count). The minimum absolute atomic E-state index is 0.0497. The van der Waals surface area contributed by atoms with Crippen molar-refractivity contribution in [3.8, 4) is 16.8 Å². The average Bonchev–Trinajstić information content (AvgIpc) is 4.11. The van der Waals surface area contributed by atoms with Crippen molar-refractivity contribution in [1.29, 1.82) is 0 Å². The largest absolute Gasteiger partial charge is 0.456 e. The van der Waals surface area contributed by atoms with E-state index in [0.29, 0.717) is 0 Å². The molecule has 1 aliphatic rings. The third-order valence-electron chi connectivity index (χ3n) is 15.9. The number of rotatable bonds is 5. The average molecular weight is 953 g/mol. The fourth-order valence-corrected chi connectivity index (χ4v) is 13.3. The van der Waals surface area contributed by atoms with E-state index in [2.05, 4.69) is 243 Å². The molecular weight excluding hydrogens is 905 g/mol. The van der Waals surface area contributed by atoms with E-state index in [4.69, 9.17) is 9.41 Å². The van der Waals surface area contributed by atoms with E-state index >= 15 is 0 Å².